The molecular formula is C23H24FN3O3S. The molecule has 0 spiro atoms. The van der Waals surface area contributed by atoms with E-state index >= 15 is 0 Å². The van der Waals surface area contributed by atoms with Gasteiger partial charge in [0.1, 0.15) is 5.82 Å². The smallest absolute Gasteiger partial charge is 0.255 e. The van der Waals surface area contributed by atoms with Crippen LogP contribution in [0.3, 0.4) is 0 Å². The lowest BCUT2D eigenvalue weighted by atomic mass is 9.87. The Labute approximate surface area is 181 Å². The number of rotatable bonds is 4. The fraction of sp³-hybridized carbons (Fsp3) is 0.304. The van der Waals surface area contributed by atoms with E-state index in [1.54, 1.807) is 29.3 Å². The van der Waals surface area contributed by atoms with Crippen LogP contribution in [0.2, 0.25) is 0 Å². The standard InChI is InChI=1S/C23H24FN3O3S/c1-14-18-19(21(26(4)31(5,29)30)17-7-6-12-25-20(14)17)23(2,3)27(22(18)28)13-15-8-10-16(24)11-9-15/h6-12H,13H2,1-5H3. The SMILES string of the molecule is Cc1c2c(c(N(C)S(C)(=O)=O)c3cccnc13)C(C)(C)N(Cc1ccc(F)cc1)C2=O. The van der Waals surface area contributed by atoms with Gasteiger partial charge in [0.05, 0.1) is 28.6 Å². The number of carbonyl (C=O) groups excluding carboxylic acids is 1. The lowest BCUT2D eigenvalue weighted by Crippen LogP contribution is -2.39. The van der Waals surface area contributed by atoms with Crippen LogP contribution >= 0.6 is 0 Å². The topological polar surface area (TPSA) is 70.6 Å². The van der Waals surface area contributed by atoms with Crippen molar-refractivity contribution >= 4 is 32.5 Å². The number of hydrogen-bond acceptors (Lipinski definition) is 4. The predicted octanol–water partition coefficient (Wildman–Crippen LogP) is 3.97. The number of amides is 1. The molecule has 0 atom stereocenters. The molecule has 2 aromatic carbocycles. The summed E-state index contributed by atoms with van der Waals surface area (Å²) in [6, 6.07) is 9.61. The average molecular weight is 442 g/mol. The lowest BCUT2D eigenvalue weighted by molar-refractivity contribution is 0.0595. The molecule has 2 heterocycles. The number of pyridine rings is 1. The Bertz CT molecular complexity index is 1320. The number of benzene rings is 2. The number of sulfonamides is 1. The van der Waals surface area contributed by atoms with E-state index in [2.05, 4.69) is 4.98 Å². The molecule has 1 aromatic heterocycles. The highest BCUT2D eigenvalue weighted by atomic mass is 32.2. The van der Waals surface area contributed by atoms with Crippen LogP contribution in [0.25, 0.3) is 10.9 Å². The number of fused-ring (bicyclic) bond motifs is 2. The molecule has 0 aliphatic carbocycles. The summed E-state index contributed by atoms with van der Waals surface area (Å²) in [6.07, 6.45) is 2.77. The molecule has 0 N–H and O–H groups in total. The minimum absolute atomic E-state index is 0.197. The number of nitrogens with zero attached hydrogens (tertiary/aromatic N) is 3. The molecule has 3 aromatic rings. The van der Waals surface area contributed by atoms with Crippen LogP contribution in [0.4, 0.5) is 10.1 Å². The number of aryl methyl sites for hydroxylation is 1. The number of carbonyl (C=O) groups is 1. The van der Waals surface area contributed by atoms with E-state index in [1.165, 1.54) is 23.5 Å². The van der Waals surface area contributed by atoms with Gasteiger partial charge in [-0.15, -0.1) is 0 Å². The summed E-state index contributed by atoms with van der Waals surface area (Å²) in [4.78, 5) is 19.8. The summed E-state index contributed by atoms with van der Waals surface area (Å²) in [5.74, 6) is -0.540. The van der Waals surface area contributed by atoms with Crippen molar-refractivity contribution in [3.05, 3.63) is 70.7 Å². The third-order valence-electron chi connectivity index (χ3n) is 6.09. The van der Waals surface area contributed by atoms with Gasteiger partial charge in [0, 0.05) is 30.7 Å². The fourth-order valence-corrected chi connectivity index (χ4v) is 4.90. The number of hydrogen-bond donors (Lipinski definition) is 0. The molecule has 0 saturated heterocycles. The van der Waals surface area contributed by atoms with Crippen molar-refractivity contribution in [2.24, 2.45) is 0 Å². The van der Waals surface area contributed by atoms with Crippen molar-refractivity contribution < 1.29 is 17.6 Å². The second-order valence-corrected chi connectivity index (χ2v) is 10.4. The molecule has 1 aliphatic heterocycles. The van der Waals surface area contributed by atoms with Crippen LogP contribution in [0.1, 0.15) is 40.9 Å². The van der Waals surface area contributed by atoms with Gasteiger partial charge in [0.2, 0.25) is 10.0 Å². The molecule has 31 heavy (non-hydrogen) atoms. The number of halogens is 1. The average Bonchev–Trinajstić information content (AvgIpc) is 2.90. The Balaban J connectivity index is 2.00. The second kappa shape index (κ2) is 7.02. The maximum atomic E-state index is 13.6. The van der Waals surface area contributed by atoms with Crippen LogP contribution in [-0.4, -0.2) is 37.5 Å². The van der Waals surface area contributed by atoms with Gasteiger partial charge in [-0.05, 0) is 56.2 Å². The zero-order chi connectivity index (χ0) is 22.7. The molecule has 0 saturated carbocycles. The van der Waals surface area contributed by atoms with E-state index < -0.39 is 15.6 Å². The minimum Gasteiger partial charge on any atom is -0.325 e. The molecule has 6 nitrogen and oxygen atoms in total. The summed E-state index contributed by atoms with van der Waals surface area (Å²) < 4.78 is 39.6. The summed E-state index contributed by atoms with van der Waals surface area (Å²) in [5.41, 5.74) is 2.90. The molecule has 0 radical (unpaired) electrons. The Morgan fingerprint density at radius 2 is 1.81 bits per heavy atom. The second-order valence-electron chi connectivity index (χ2n) is 8.43. The maximum Gasteiger partial charge on any atom is 0.255 e. The molecule has 1 amide bonds. The summed E-state index contributed by atoms with van der Waals surface area (Å²) in [6.45, 7) is 5.92. The third kappa shape index (κ3) is 3.26. The third-order valence-corrected chi connectivity index (χ3v) is 7.27. The molecule has 0 unspecified atom stereocenters. The van der Waals surface area contributed by atoms with Gasteiger partial charge in [0.15, 0.2) is 0 Å². The van der Waals surface area contributed by atoms with Crippen LogP contribution in [0.5, 0.6) is 0 Å². The maximum absolute atomic E-state index is 13.6. The van der Waals surface area contributed by atoms with Gasteiger partial charge >= 0.3 is 0 Å². The van der Waals surface area contributed by atoms with E-state index in [9.17, 15) is 17.6 Å². The van der Waals surface area contributed by atoms with Gasteiger partial charge in [-0.3, -0.25) is 14.1 Å². The van der Waals surface area contributed by atoms with Crippen LogP contribution in [0, 0.1) is 12.7 Å². The first-order valence-corrected chi connectivity index (χ1v) is 11.7. The number of anilines is 1. The highest BCUT2D eigenvalue weighted by molar-refractivity contribution is 7.92. The van der Waals surface area contributed by atoms with Crippen LogP contribution < -0.4 is 4.31 Å². The van der Waals surface area contributed by atoms with Gasteiger partial charge in [-0.1, -0.05) is 12.1 Å². The Kier molecular flexibility index (Phi) is 4.81. The van der Waals surface area contributed by atoms with Crippen molar-refractivity contribution in [2.75, 3.05) is 17.6 Å². The van der Waals surface area contributed by atoms with E-state index in [-0.39, 0.29) is 18.3 Å². The summed E-state index contributed by atoms with van der Waals surface area (Å²) in [5, 5.41) is 0.677. The van der Waals surface area contributed by atoms with Crippen LogP contribution in [-0.2, 0) is 22.1 Å². The molecule has 8 heteroatoms. The molecule has 162 valence electrons. The number of aromatic nitrogens is 1. The van der Waals surface area contributed by atoms with E-state index in [1.807, 2.05) is 26.8 Å². The molecule has 1 aliphatic rings. The zero-order valence-electron chi connectivity index (χ0n) is 18.1. The van der Waals surface area contributed by atoms with Crippen molar-refractivity contribution in [3.8, 4) is 0 Å². The fourth-order valence-electron chi connectivity index (χ4n) is 4.38. The zero-order valence-corrected chi connectivity index (χ0v) is 18.9. The van der Waals surface area contributed by atoms with Gasteiger partial charge in [-0.25, -0.2) is 12.8 Å². The van der Waals surface area contributed by atoms with Gasteiger partial charge in [-0.2, -0.15) is 0 Å². The highest BCUT2D eigenvalue weighted by Gasteiger charge is 2.47. The molecule has 4 rings (SSSR count). The largest absolute Gasteiger partial charge is 0.325 e. The van der Waals surface area contributed by atoms with Crippen molar-refractivity contribution in [1.82, 2.24) is 9.88 Å². The molecular weight excluding hydrogens is 417 g/mol. The Hall–Kier alpha value is -3.00. The van der Waals surface area contributed by atoms with Crippen molar-refractivity contribution in [1.29, 1.82) is 0 Å². The first-order valence-electron chi connectivity index (χ1n) is 9.86. The van der Waals surface area contributed by atoms with Crippen LogP contribution in [0.15, 0.2) is 42.6 Å². The Morgan fingerprint density at radius 3 is 2.42 bits per heavy atom. The van der Waals surface area contributed by atoms with Gasteiger partial charge in [0.25, 0.3) is 5.91 Å². The highest BCUT2D eigenvalue weighted by Crippen LogP contribution is 2.49. The van der Waals surface area contributed by atoms with E-state index in [0.717, 1.165) is 17.4 Å². The lowest BCUT2D eigenvalue weighted by Gasteiger charge is -2.35. The van der Waals surface area contributed by atoms with Crippen molar-refractivity contribution in [3.63, 3.8) is 0 Å². The normalized spacial score (nSPS) is 15.4. The van der Waals surface area contributed by atoms with E-state index in [0.29, 0.717) is 27.7 Å². The minimum atomic E-state index is -3.60. The first-order chi connectivity index (χ1) is 14.4. The summed E-state index contributed by atoms with van der Waals surface area (Å²) in [7, 11) is -2.10. The molecule has 0 bridgehead atoms. The quantitative estimate of drug-likeness (QED) is 0.614. The first kappa shape index (κ1) is 21.2. The van der Waals surface area contributed by atoms with Gasteiger partial charge < -0.3 is 4.90 Å². The predicted molar refractivity (Wildman–Crippen MR) is 119 cm³/mol. The van der Waals surface area contributed by atoms with Crippen molar-refractivity contribution in [2.45, 2.75) is 32.9 Å². The Morgan fingerprint density at radius 1 is 1.16 bits per heavy atom. The summed E-state index contributed by atoms with van der Waals surface area (Å²) >= 11 is 0. The van der Waals surface area contributed by atoms with E-state index in [4.69, 9.17) is 0 Å². The molecule has 0 fully saturated rings. The monoisotopic (exact) mass is 441 g/mol.